The fourth-order valence-electron chi connectivity index (χ4n) is 4.60. The molecule has 7 nitrogen and oxygen atoms in total. The normalized spacial score (nSPS) is 24.2. The first-order valence-electron chi connectivity index (χ1n) is 10.9. The second-order valence-electron chi connectivity index (χ2n) is 8.66. The van der Waals surface area contributed by atoms with Crippen LogP contribution in [0.25, 0.3) is 10.9 Å². The molecule has 2 aliphatic heterocycles. The molecule has 33 heavy (non-hydrogen) atoms. The Kier molecular flexibility index (Phi) is 5.41. The van der Waals surface area contributed by atoms with E-state index in [1.807, 2.05) is 12.1 Å². The minimum Gasteiger partial charge on any atom is -0.486 e. The van der Waals surface area contributed by atoms with Crippen molar-refractivity contribution in [3.05, 3.63) is 46.5 Å². The number of nitrogens with zero attached hydrogens (tertiary/aromatic N) is 2. The summed E-state index contributed by atoms with van der Waals surface area (Å²) in [5, 5.41) is 7.13. The van der Waals surface area contributed by atoms with Crippen LogP contribution in [-0.2, 0) is 4.74 Å². The highest BCUT2D eigenvalue weighted by Crippen LogP contribution is 2.43. The minimum atomic E-state index is -0.646. The predicted octanol–water partition coefficient (Wildman–Crippen LogP) is 4.58. The number of nitrogens with one attached hydrogen (secondary N) is 2. The number of anilines is 2. The summed E-state index contributed by atoms with van der Waals surface area (Å²) < 4.78 is 32.5. The Morgan fingerprint density at radius 1 is 1.06 bits per heavy atom. The molecular weight excluding hydrogens is 470 g/mol. The van der Waals surface area contributed by atoms with Crippen LogP contribution in [0, 0.1) is 17.7 Å². The predicted molar refractivity (Wildman–Crippen MR) is 123 cm³/mol. The Bertz CT molecular complexity index is 1210. The first-order chi connectivity index (χ1) is 16.1. The van der Waals surface area contributed by atoms with E-state index >= 15 is 0 Å². The summed E-state index contributed by atoms with van der Waals surface area (Å²) in [6.07, 6.45) is 2.71. The number of aromatic nitrogens is 2. The van der Waals surface area contributed by atoms with Gasteiger partial charge in [-0.2, -0.15) is 0 Å². The number of benzene rings is 2. The maximum absolute atomic E-state index is 14.7. The van der Waals surface area contributed by atoms with Gasteiger partial charge < -0.3 is 24.8 Å². The van der Waals surface area contributed by atoms with E-state index in [0.717, 1.165) is 13.1 Å². The van der Waals surface area contributed by atoms with E-state index in [4.69, 9.17) is 37.4 Å². The molecule has 0 amide bonds. The van der Waals surface area contributed by atoms with Crippen molar-refractivity contribution < 1.29 is 18.6 Å². The van der Waals surface area contributed by atoms with E-state index in [1.54, 1.807) is 0 Å². The summed E-state index contributed by atoms with van der Waals surface area (Å²) in [7, 11) is 0. The molecule has 0 spiro atoms. The Morgan fingerprint density at radius 3 is 2.58 bits per heavy atom. The summed E-state index contributed by atoms with van der Waals surface area (Å²) in [5.74, 6) is 1.99. The maximum Gasteiger partial charge on any atom is 0.166 e. The second kappa shape index (κ2) is 8.43. The zero-order valence-corrected chi connectivity index (χ0v) is 19.0. The summed E-state index contributed by atoms with van der Waals surface area (Å²) in [4.78, 5) is 8.73. The third-order valence-electron chi connectivity index (χ3n) is 6.50. The van der Waals surface area contributed by atoms with E-state index in [9.17, 15) is 4.39 Å². The van der Waals surface area contributed by atoms with Crippen LogP contribution in [0.3, 0.4) is 0 Å². The lowest BCUT2D eigenvalue weighted by atomic mass is 9.69. The average molecular weight is 491 g/mol. The number of halogens is 3. The van der Waals surface area contributed by atoms with Crippen molar-refractivity contribution in [3.63, 3.8) is 0 Å². The number of ether oxygens (including phenoxy) is 3. The molecule has 3 aromatic rings. The van der Waals surface area contributed by atoms with Gasteiger partial charge in [-0.1, -0.05) is 23.2 Å². The van der Waals surface area contributed by atoms with Crippen LogP contribution in [-0.4, -0.2) is 48.5 Å². The quantitative estimate of drug-likeness (QED) is 0.489. The molecule has 1 saturated carbocycles. The zero-order chi connectivity index (χ0) is 22.5. The van der Waals surface area contributed by atoms with E-state index in [-0.39, 0.29) is 27.9 Å². The third-order valence-corrected chi connectivity index (χ3v) is 7.28. The number of fused-ring (bicyclic) bond motifs is 3. The van der Waals surface area contributed by atoms with Gasteiger partial charge in [-0.05, 0) is 24.6 Å². The van der Waals surface area contributed by atoms with Crippen LogP contribution < -0.4 is 20.1 Å². The summed E-state index contributed by atoms with van der Waals surface area (Å²) >= 11 is 11.9. The number of hydrogen-bond acceptors (Lipinski definition) is 7. The van der Waals surface area contributed by atoms with Crippen molar-refractivity contribution in [2.45, 2.75) is 18.6 Å². The van der Waals surface area contributed by atoms with Crippen molar-refractivity contribution in [2.75, 3.05) is 31.6 Å². The molecule has 1 aromatic heterocycles. The molecule has 172 valence electrons. The largest absolute Gasteiger partial charge is 0.486 e. The van der Waals surface area contributed by atoms with Gasteiger partial charge in [-0.15, -0.1) is 0 Å². The van der Waals surface area contributed by atoms with Gasteiger partial charge in [0.2, 0.25) is 0 Å². The van der Waals surface area contributed by atoms with Crippen LogP contribution in [0.5, 0.6) is 11.5 Å². The molecule has 2 N–H and O–H groups in total. The fourth-order valence-corrected chi connectivity index (χ4v) is 4.91. The smallest absolute Gasteiger partial charge is 0.166 e. The van der Waals surface area contributed by atoms with Crippen LogP contribution in [0.1, 0.15) is 6.42 Å². The summed E-state index contributed by atoms with van der Waals surface area (Å²) in [5.41, 5.74) is 0.810. The first-order valence-corrected chi connectivity index (χ1v) is 11.6. The molecule has 6 rings (SSSR count). The standard InChI is InChI=1S/C23H21Cl2FN4O3/c24-15-1-2-16(21(26)20(15)25)30-23-14-4-18(33-22-11-3-12(22)7-27-6-11)19(32-13-8-31-9-13)5-17(14)28-10-29-23/h1-2,4-5,10-13,22,27H,3,6-9H2,(H,28,29,30)/t11-,12+,22?. The van der Waals surface area contributed by atoms with Gasteiger partial charge in [0.05, 0.1) is 34.5 Å². The van der Waals surface area contributed by atoms with E-state index in [1.165, 1.54) is 24.9 Å². The van der Waals surface area contributed by atoms with Gasteiger partial charge >= 0.3 is 0 Å². The third kappa shape index (κ3) is 3.85. The molecule has 1 unspecified atom stereocenters. The molecule has 3 fully saturated rings. The topological polar surface area (TPSA) is 77.5 Å². The summed E-state index contributed by atoms with van der Waals surface area (Å²) in [6.45, 7) is 2.99. The monoisotopic (exact) mass is 490 g/mol. The van der Waals surface area contributed by atoms with Gasteiger partial charge in [-0.25, -0.2) is 14.4 Å². The Morgan fingerprint density at radius 2 is 1.85 bits per heavy atom. The fraction of sp³-hybridized carbons (Fsp3) is 0.391. The first kappa shape index (κ1) is 21.2. The lowest BCUT2D eigenvalue weighted by Gasteiger charge is -2.49. The van der Waals surface area contributed by atoms with E-state index < -0.39 is 5.82 Å². The van der Waals surface area contributed by atoms with Gasteiger partial charge in [0.15, 0.2) is 17.3 Å². The van der Waals surface area contributed by atoms with Crippen LogP contribution in [0.2, 0.25) is 10.0 Å². The molecule has 1 aliphatic carbocycles. The SMILES string of the molecule is Fc1c(Nc2ncnc3cc(OC4COC4)c(OC4[C@@H]5CNC[C@H]4C5)cc23)ccc(Cl)c1Cl. The highest BCUT2D eigenvalue weighted by Gasteiger charge is 2.46. The van der Waals surface area contributed by atoms with Crippen molar-refractivity contribution in [3.8, 4) is 11.5 Å². The Hall–Kier alpha value is -2.39. The number of piperidine rings is 2. The van der Waals surface area contributed by atoms with Crippen molar-refractivity contribution in [1.82, 2.24) is 15.3 Å². The average Bonchev–Trinajstić information content (AvgIpc) is 2.80. The maximum atomic E-state index is 14.7. The van der Waals surface area contributed by atoms with Crippen molar-refractivity contribution in [2.24, 2.45) is 11.8 Å². The highest BCUT2D eigenvalue weighted by atomic mass is 35.5. The Balaban J connectivity index is 1.38. The number of hydrogen-bond donors (Lipinski definition) is 2. The van der Waals surface area contributed by atoms with Gasteiger partial charge in [0, 0.05) is 36.4 Å². The van der Waals surface area contributed by atoms with Gasteiger partial charge in [-0.3, -0.25) is 0 Å². The molecule has 0 radical (unpaired) electrons. The van der Waals surface area contributed by atoms with Crippen LogP contribution in [0.4, 0.5) is 15.9 Å². The number of rotatable bonds is 6. The zero-order valence-electron chi connectivity index (χ0n) is 17.5. The molecule has 3 heterocycles. The van der Waals surface area contributed by atoms with Crippen molar-refractivity contribution >= 4 is 45.6 Å². The lowest BCUT2D eigenvalue weighted by Crippen LogP contribution is -2.59. The molecule has 3 aliphatic rings. The van der Waals surface area contributed by atoms with Crippen molar-refractivity contribution in [1.29, 1.82) is 0 Å². The summed E-state index contributed by atoms with van der Waals surface area (Å²) in [6, 6.07) is 6.76. The second-order valence-corrected chi connectivity index (χ2v) is 9.45. The van der Waals surface area contributed by atoms with Crippen LogP contribution in [0.15, 0.2) is 30.6 Å². The molecule has 2 aromatic carbocycles. The lowest BCUT2D eigenvalue weighted by molar-refractivity contribution is -0.0837. The van der Waals surface area contributed by atoms with Gasteiger partial charge in [0.25, 0.3) is 0 Å². The van der Waals surface area contributed by atoms with E-state index in [0.29, 0.717) is 53.3 Å². The molecule has 10 heteroatoms. The minimum absolute atomic E-state index is 0.0166. The highest BCUT2D eigenvalue weighted by molar-refractivity contribution is 6.42. The molecule has 2 saturated heterocycles. The molecular formula is C23H21Cl2FN4O3. The molecule has 3 atom stereocenters. The van der Waals surface area contributed by atoms with Crippen LogP contribution >= 0.6 is 23.2 Å². The van der Waals surface area contributed by atoms with E-state index in [2.05, 4.69) is 20.6 Å². The Labute approximate surface area is 199 Å². The molecule has 2 bridgehead atoms. The van der Waals surface area contributed by atoms with Gasteiger partial charge in [0.1, 0.15) is 24.4 Å².